The van der Waals surface area contributed by atoms with E-state index in [9.17, 15) is 0 Å². The number of aliphatic imine (C=N–C) groups is 1. The lowest BCUT2D eigenvalue weighted by Crippen LogP contribution is -2.37. The average molecular weight is 510 g/mol. The lowest BCUT2D eigenvalue weighted by Gasteiger charge is -2.14. The van der Waals surface area contributed by atoms with E-state index in [1.54, 1.807) is 0 Å². The number of hydrogen-bond donors (Lipinski definition) is 2. The lowest BCUT2D eigenvalue weighted by molar-refractivity contribution is 0.254. The zero-order valence-corrected chi connectivity index (χ0v) is 19.9. The summed E-state index contributed by atoms with van der Waals surface area (Å²) in [7, 11) is 0. The van der Waals surface area contributed by atoms with Gasteiger partial charge < -0.3 is 20.1 Å². The Hall–Kier alpha value is -2.03. The van der Waals surface area contributed by atoms with Crippen molar-refractivity contribution in [1.82, 2.24) is 15.6 Å². The summed E-state index contributed by atoms with van der Waals surface area (Å²) >= 11 is 0. The summed E-state index contributed by atoms with van der Waals surface area (Å²) in [5, 5.41) is 6.64. The number of rotatable bonds is 7. The third-order valence-electron chi connectivity index (χ3n) is 4.51. The fourth-order valence-corrected chi connectivity index (χ4v) is 3.27. The fraction of sp³-hybridized carbons (Fsp3) is 0.455. The van der Waals surface area contributed by atoms with Gasteiger partial charge in [-0.25, -0.2) is 4.99 Å². The Kier molecular flexibility index (Phi) is 9.00. The van der Waals surface area contributed by atoms with Crippen LogP contribution < -0.4 is 20.1 Å². The van der Waals surface area contributed by atoms with Crippen LogP contribution in [0, 0.1) is 6.92 Å². The molecule has 0 amide bonds. The molecule has 0 saturated carbocycles. The molecular weight excluding hydrogens is 479 g/mol. The van der Waals surface area contributed by atoms with Gasteiger partial charge in [-0.05, 0) is 52.0 Å². The number of benzene rings is 1. The second-order valence-electron chi connectivity index (χ2n) is 6.95. The van der Waals surface area contributed by atoms with E-state index in [-0.39, 0.29) is 30.1 Å². The van der Waals surface area contributed by atoms with Gasteiger partial charge in [-0.2, -0.15) is 0 Å². The minimum Gasteiger partial charge on any atom is -0.494 e. The van der Waals surface area contributed by atoms with Crippen molar-refractivity contribution in [2.45, 2.75) is 53.3 Å². The summed E-state index contributed by atoms with van der Waals surface area (Å²) in [5.41, 5.74) is 4.23. The highest BCUT2D eigenvalue weighted by molar-refractivity contribution is 14.0. The monoisotopic (exact) mass is 510 g/mol. The van der Waals surface area contributed by atoms with Crippen LogP contribution in [0.1, 0.15) is 43.3 Å². The van der Waals surface area contributed by atoms with Crippen LogP contribution in [0.2, 0.25) is 0 Å². The predicted octanol–water partition coefficient (Wildman–Crippen LogP) is 3.99. The van der Waals surface area contributed by atoms with Crippen molar-refractivity contribution in [2.24, 2.45) is 4.99 Å². The number of aromatic nitrogens is 1. The fourth-order valence-electron chi connectivity index (χ4n) is 3.27. The molecule has 3 rings (SSSR count). The summed E-state index contributed by atoms with van der Waals surface area (Å²) in [4.78, 5) is 9.27. The average Bonchev–Trinajstić information content (AvgIpc) is 3.03. The van der Waals surface area contributed by atoms with Crippen LogP contribution in [-0.2, 0) is 19.5 Å². The molecule has 0 fully saturated rings. The molecule has 2 heterocycles. The quantitative estimate of drug-likeness (QED) is 0.335. The first-order chi connectivity index (χ1) is 13.6. The summed E-state index contributed by atoms with van der Waals surface area (Å²) in [6.07, 6.45) is 1.14. The topological polar surface area (TPSA) is 67.8 Å². The van der Waals surface area contributed by atoms with Crippen LogP contribution in [0.15, 0.2) is 35.3 Å². The van der Waals surface area contributed by atoms with E-state index in [0.717, 1.165) is 47.4 Å². The number of fused-ring (bicyclic) bond motifs is 1. The van der Waals surface area contributed by atoms with Gasteiger partial charge in [0.2, 0.25) is 0 Å². The zero-order valence-electron chi connectivity index (χ0n) is 17.6. The number of halogens is 1. The third-order valence-corrected chi connectivity index (χ3v) is 4.51. The molecule has 0 radical (unpaired) electrons. The van der Waals surface area contributed by atoms with Gasteiger partial charge in [0.1, 0.15) is 17.6 Å². The molecule has 6 nitrogen and oxygen atoms in total. The molecular formula is C22H31IN4O2. The van der Waals surface area contributed by atoms with Gasteiger partial charge in [0, 0.05) is 29.8 Å². The highest BCUT2D eigenvalue weighted by Crippen LogP contribution is 2.35. The Bertz CT molecular complexity index is 842. The minimum atomic E-state index is 0. The summed E-state index contributed by atoms with van der Waals surface area (Å²) < 4.78 is 11.8. The van der Waals surface area contributed by atoms with Crippen molar-refractivity contribution in [2.75, 3.05) is 13.2 Å². The van der Waals surface area contributed by atoms with Crippen LogP contribution in [0.5, 0.6) is 11.5 Å². The molecule has 0 saturated heterocycles. The first-order valence-corrected chi connectivity index (χ1v) is 9.99. The zero-order chi connectivity index (χ0) is 19.9. The largest absolute Gasteiger partial charge is 0.494 e. The molecule has 0 spiro atoms. The molecule has 0 aliphatic carbocycles. The first kappa shape index (κ1) is 23.3. The van der Waals surface area contributed by atoms with Crippen LogP contribution in [0.3, 0.4) is 0 Å². The van der Waals surface area contributed by atoms with Crippen LogP contribution >= 0.6 is 24.0 Å². The Morgan fingerprint density at radius 1 is 1.28 bits per heavy atom. The maximum atomic E-state index is 5.91. The Labute approximate surface area is 190 Å². The van der Waals surface area contributed by atoms with E-state index in [1.807, 2.05) is 32.0 Å². The smallest absolute Gasteiger partial charge is 0.191 e. The van der Waals surface area contributed by atoms with Crippen molar-refractivity contribution in [3.8, 4) is 11.5 Å². The van der Waals surface area contributed by atoms with Gasteiger partial charge >= 0.3 is 0 Å². The van der Waals surface area contributed by atoms with E-state index < -0.39 is 0 Å². The van der Waals surface area contributed by atoms with Gasteiger partial charge in [0.15, 0.2) is 5.96 Å². The molecule has 1 aromatic carbocycles. The van der Waals surface area contributed by atoms with E-state index in [2.05, 4.69) is 41.6 Å². The summed E-state index contributed by atoms with van der Waals surface area (Å²) in [6, 6.07) is 10.2. The molecule has 1 aromatic heterocycles. The molecule has 0 bridgehead atoms. The van der Waals surface area contributed by atoms with Crippen molar-refractivity contribution in [3.05, 3.63) is 52.8 Å². The number of nitrogens with one attached hydrogen (secondary N) is 2. The van der Waals surface area contributed by atoms with Gasteiger partial charge in [-0.1, -0.05) is 6.07 Å². The lowest BCUT2D eigenvalue weighted by atomic mass is 10.1. The number of ether oxygens (including phenoxy) is 2. The second kappa shape index (κ2) is 11.2. The van der Waals surface area contributed by atoms with E-state index >= 15 is 0 Å². The number of guanidine groups is 1. The van der Waals surface area contributed by atoms with Crippen LogP contribution in [0.25, 0.3) is 0 Å². The SMILES string of the molecule is CCNC(=NCc1cc2c(cc1OCC)CC(C)O2)NCc1cccc(C)n1.I. The minimum absolute atomic E-state index is 0. The molecule has 1 unspecified atom stereocenters. The van der Waals surface area contributed by atoms with Crippen molar-refractivity contribution in [3.63, 3.8) is 0 Å². The van der Waals surface area contributed by atoms with Gasteiger partial charge in [-0.15, -0.1) is 24.0 Å². The van der Waals surface area contributed by atoms with Crippen molar-refractivity contribution >= 4 is 29.9 Å². The second-order valence-corrected chi connectivity index (χ2v) is 6.95. The van der Waals surface area contributed by atoms with E-state index in [0.29, 0.717) is 19.7 Å². The molecule has 1 aliphatic rings. The van der Waals surface area contributed by atoms with Crippen molar-refractivity contribution < 1.29 is 9.47 Å². The molecule has 158 valence electrons. The van der Waals surface area contributed by atoms with Crippen LogP contribution in [0.4, 0.5) is 0 Å². The summed E-state index contributed by atoms with van der Waals surface area (Å²) in [6.45, 7) is 10.7. The molecule has 2 aromatic rings. The molecule has 7 heteroatoms. The standard InChI is InChI=1S/C22H30N4O2.HI/c1-5-23-22(25-14-19-9-7-8-15(3)26-19)24-13-18-12-21-17(10-16(4)28-21)11-20(18)27-6-2;/h7-9,11-12,16H,5-6,10,13-14H2,1-4H3,(H2,23,24,25);1H. The Morgan fingerprint density at radius 2 is 2.10 bits per heavy atom. The van der Waals surface area contributed by atoms with E-state index in [1.165, 1.54) is 5.56 Å². The Balaban J connectivity index is 0.00000300. The predicted molar refractivity (Wildman–Crippen MR) is 127 cm³/mol. The van der Waals surface area contributed by atoms with Crippen molar-refractivity contribution in [1.29, 1.82) is 0 Å². The van der Waals surface area contributed by atoms with Crippen LogP contribution in [-0.4, -0.2) is 30.2 Å². The van der Waals surface area contributed by atoms with E-state index in [4.69, 9.17) is 14.5 Å². The first-order valence-electron chi connectivity index (χ1n) is 9.99. The number of aryl methyl sites for hydroxylation is 1. The molecule has 1 aliphatic heterocycles. The summed E-state index contributed by atoms with van der Waals surface area (Å²) in [5.74, 6) is 2.59. The van der Waals surface area contributed by atoms with Gasteiger partial charge in [-0.3, -0.25) is 4.98 Å². The highest BCUT2D eigenvalue weighted by Gasteiger charge is 2.21. The number of pyridine rings is 1. The van der Waals surface area contributed by atoms with Gasteiger partial charge in [0.25, 0.3) is 0 Å². The maximum absolute atomic E-state index is 5.91. The molecule has 29 heavy (non-hydrogen) atoms. The van der Waals surface area contributed by atoms with Gasteiger partial charge in [0.05, 0.1) is 25.4 Å². The normalized spacial score (nSPS) is 15.2. The maximum Gasteiger partial charge on any atom is 0.191 e. The number of nitrogens with zero attached hydrogens (tertiary/aromatic N) is 2. The molecule has 1 atom stereocenters. The molecule has 2 N–H and O–H groups in total. The third kappa shape index (κ3) is 6.48. The Morgan fingerprint density at radius 3 is 2.83 bits per heavy atom. The number of hydrogen-bond acceptors (Lipinski definition) is 4. The highest BCUT2D eigenvalue weighted by atomic mass is 127.